The molecule has 2 aliphatic carbocycles. The fourth-order valence-electron chi connectivity index (χ4n) is 7.67. The molecule has 0 bridgehead atoms. The molecule has 3 fully saturated rings. The second kappa shape index (κ2) is 15.8. The summed E-state index contributed by atoms with van der Waals surface area (Å²) < 4.78 is 39.8. The Morgan fingerprint density at radius 3 is 2.44 bits per heavy atom. The number of ether oxygens (including phenoxy) is 2. The Bertz CT molecular complexity index is 1680. The predicted octanol–water partition coefficient (Wildman–Crippen LogP) is 2.51. The molecule has 16 heteroatoms. The Labute approximate surface area is 305 Å². The van der Waals surface area contributed by atoms with E-state index in [0.29, 0.717) is 38.8 Å². The first-order chi connectivity index (χ1) is 24.9. The van der Waals surface area contributed by atoms with Gasteiger partial charge in [0.05, 0.1) is 6.54 Å². The molecule has 6 rings (SSSR count). The molecule has 2 saturated carbocycles. The lowest BCUT2D eigenvalue weighted by molar-refractivity contribution is -0.141. The van der Waals surface area contributed by atoms with E-state index in [1.165, 1.54) is 19.0 Å². The summed E-state index contributed by atoms with van der Waals surface area (Å²) in [5, 5.41) is 5.56. The molecule has 0 spiro atoms. The van der Waals surface area contributed by atoms with Crippen LogP contribution in [0.25, 0.3) is 0 Å². The number of nitrogens with one attached hydrogen (secondary N) is 3. The van der Waals surface area contributed by atoms with Crippen molar-refractivity contribution in [3.63, 3.8) is 0 Å². The smallest absolute Gasteiger partial charge is 0.410 e. The average molecular weight is 743 g/mol. The number of carbonyl (C=O) groups excluding carboxylic acids is 5. The Morgan fingerprint density at radius 2 is 1.69 bits per heavy atom. The lowest BCUT2D eigenvalue weighted by atomic mass is 10.0. The van der Waals surface area contributed by atoms with E-state index in [2.05, 4.69) is 15.4 Å². The molecule has 3 N–H and O–H groups in total. The second-order valence-electron chi connectivity index (χ2n) is 14.8. The number of nitrogens with zero attached hydrogens (tertiary/aromatic N) is 3. The van der Waals surface area contributed by atoms with Gasteiger partial charge in [-0.15, -0.1) is 0 Å². The van der Waals surface area contributed by atoms with Crippen LogP contribution < -0.4 is 15.4 Å². The summed E-state index contributed by atoms with van der Waals surface area (Å²) in [6, 6.07) is 5.69. The van der Waals surface area contributed by atoms with Gasteiger partial charge in [0.15, 0.2) is 0 Å². The first-order valence-corrected chi connectivity index (χ1v) is 19.8. The van der Waals surface area contributed by atoms with Crippen molar-refractivity contribution in [3.8, 4) is 0 Å². The van der Waals surface area contributed by atoms with Gasteiger partial charge in [-0.1, -0.05) is 49.3 Å². The lowest BCUT2D eigenvalue weighted by Gasteiger charge is -2.30. The highest BCUT2D eigenvalue weighted by Crippen LogP contribution is 2.45. The van der Waals surface area contributed by atoms with Gasteiger partial charge in [-0.3, -0.25) is 14.4 Å². The molecule has 0 unspecified atom stereocenters. The molecule has 3 aliphatic heterocycles. The lowest BCUT2D eigenvalue weighted by Crippen LogP contribution is -2.58. The van der Waals surface area contributed by atoms with E-state index in [1.807, 2.05) is 36.4 Å². The van der Waals surface area contributed by atoms with Crippen molar-refractivity contribution in [1.29, 1.82) is 0 Å². The van der Waals surface area contributed by atoms with E-state index in [1.54, 1.807) is 4.90 Å². The van der Waals surface area contributed by atoms with E-state index in [-0.39, 0.29) is 25.5 Å². The van der Waals surface area contributed by atoms with Crippen LogP contribution >= 0.6 is 0 Å². The molecule has 5 atom stereocenters. The predicted molar refractivity (Wildman–Crippen MR) is 189 cm³/mol. The van der Waals surface area contributed by atoms with Crippen LogP contribution in [0.2, 0.25) is 0 Å². The van der Waals surface area contributed by atoms with Crippen LogP contribution in [0.5, 0.6) is 0 Å². The number of alkyl carbamates (subject to hydrolysis) is 1. The van der Waals surface area contributed by atoms with Gasteiger partial charge in [0, 0.05) is 39.5 Å². The third-order valence-electron chi connectivity index (χ3n) is 10.9. The molecule has 1 saturated heterocycles. The molecule has 284 valence electrons. The van der Waals surface area contributed by atoms with Crippen LogP contribution in [-0.2, 0) is 47.0 Å². The van der Waals surface area contributed by atoms with E-state index in [9.17, 15) is 32.4 Å². The first kappa shape index (κ1) is 37.6. The molecule has 1 aromatic rings. The Morgan fingerprint density at radius 1 is 0.962 bits per heavy atom. The number of hydrogen-bond acceptors (Lipinski definition) is 9. The van der Waals surface area contributed by atoms with Crippen LogP contribution in [0.15, 0.2) is 36.4 Å². The third-order valence-corrected chi connectivity index (χ3v) is 12.3. The molecule has 52 heavy (non-hydrogen) atoms. The van der Waals surface area contributed by atoms with Crippen molar-refractivity contribution in [2.45, 2.75) is 113 Å². The largest absolute Gasteiger partial charge is 0.446 e. The van der Waals surface area contributed by atoms with Crippen LogP contribution in [0, 0.1) is 5.92 Å². The number of allylic oxidation sites excluding steroid dienone is 1. The summed E-state index contributed by atoms with van der Waals surface area (Å²) in [7, 11) is -1.60. The minimum Gasteiger partial charge on any atom is -0.446 e. The molecule has 5 aliphatic rings. The van der Waals surface area contributed by atoms with Gasteiger partial charge in [0.2, 0.25) is 11.8 Å². The molecule has 3 heterocycles. The van der Waals surface area contributed by atoms with Crippen LogP contribution in [0.4, 0.5) is 9.59 Å². The summed E-state index contributed by atoms with van der Waals surface area (Å²) in [5.74, 6) is -2.57. The standard InChI is InChI=1S/C36H50N6O9S/c1-40(2)52(48,49)39-33(45)36-21-26(36)14-6-4-3-5-7-17-29(37-34(46)50-27-15-10-11-16-27)32(44)42-23-28(20-30(42)31(43)38-36)51-35(47)41-19-18-24-12-8-9-13-25(24)22-41/h6,8-9,12-14,26-30H,3-5,7,10-11,15-23H2,1-2H3,(H,37,46)(H,38,43)(H,39,45)/b14-6-/t26-,28-,29+,30+,36-/m1/s1. The van der Waals surface area contributed by atoms with Gasteiger partial charge in [-0.05, 0) is 68.9 Å². The normalized spacial score (nSPS) is 29.1. The van der Waals surface area contributed by atoms with E-state index < -0.39 is 69.8 Å². The number of rotatable bonds is 6. The number of benzene rings is 1. The topological polar surface area (TPSA) is 184 Å². The number of amides is 5. The molecule has 5 amide bonds. The molecule has 0 radical (unpaired) electrons. The molecule has 15 nitrogen and oxygen atoms in total. The van der Waals surface area contributed by atoms with Crippen LogP contribution in [0.1, 0.15) is 81.8 Å². The monoisotopic (exact) mass is 742 g/mol. The van der Waals surface area contributed by atoms with Gasteiger partial charge in [0.1, 0.15) is 29.8 Å². The zero-order chi connectivity index (χ0) is 37.0. The van der Waals surface area contributed by atoms with Gasteiger partial charge in [-0.2, -0.15) is 12.7 Å². The van der Waals surface area contributed by atoms with Gasteiger partial charge >= 0.3 is 22.4 Å². The highest BCUT2D eigenvalue weighted by Gasteiger charge is 2.62. The molecule has 1 aromatic carbocycles. The summed E-state index contributed by atoms with van der Waals surface area (Å²) in [4.78, 5) is 71.6. The van der Waals surface area contributed by atoms with E-state index >= 15 is 0 Å². The van der Waals surface area contributed by atoms with Crippen molar-refractivity contribution >= 4 is 40.1 Å². The molecule has 0 aromatic heterocycles. The zero-order valence-electron chi connectivity index (χ0n) is 29.9. The second-order valence-corrected chi connectivity index (χ2v) is 16.6. The van der Waals surface area contributed by atoms with Gasteiger partial charge < -0.3 is 29.9 Å². The van der Waals surface area contributed by atoms with Crippen molar-refractivity contribution in [1.82, 2.24) is 29.5 Å². The molecular formula is C36H50N6O9S. The quantitative estimate of drug-likeness (QED) is 0.369. The van der Waals surface area contributed by atoms with Crippen LogP contribution in [-0.4, -0.2) is 109 Å². The Hall–Kier alpha value is -4.18. The first-order valence-electron chi connectivity index (χ1n) is 18.4. The molecular weight excluding hydrogens is 692 g/mol. The zero-order valence-corrected chi connectivity index (χ0v) is 30.7. The van der Waals surface area contributed by atoms with Crippen molar-refractivity contribution < 1.29 is 41.9 Å². The maximum absolute atomic E-state index is 14.4. The fraction of sp³-hybridized carbons (Fsp3) is 0.639. The Balaban J connectivity index is 1.24. The number of hydrogen-bond donors (Lipinski definition) is 3. The maximum Gasteiger partial charge on any atom is 0.410 e. The average Bonchev–Trinajstić information content (AvgIpc) is 3.38. The van der Waals surface area contributed by atoms with E-state index in [4.69, 9.17) is 9.47 Å². The summed E-state index contributed by atoms with van der Waals surface area (Å²) in [6.07, 6.45) is 8.76. The SMILES string of the molecule is CN(C)S(=O)(=O)NC(=O)[C@@]12C[C@H]1/C=C\CCCCC[C@H](NC(=O)OC1CCCC1)C(=O)N1C[C@H](OC(=O)N3CCc4ccccc4C3)C[C@H]1C(=O)N2. The van der Waals surface area contributed by atoms with Crippen molar-refractivity contribution in [3.05, 3.63) is 47.5 Å². The maximum atomic E-state index is 14.4. The Kier molecular flexibility index (Phi) is 11.4. The summed E-state index contributed by atoms with van der Waals surface area (Å²) in [5.41, 5.74) is 0.616. The van der Waals surface area contributed by atoms with E-state index in [0.717, 1.165) is 54.0 Å². The number of fused-ring (bicyclic) bond motifs is 3. The van der Waals surface area contributed by atoms with Crippen molar-refractivity contribution in [2.75, 3.05) is 27.2 Å². The van der Waals surface area contributed by atoms with Gasteiger partial charge in [0.25, 0.3) is 5.91 Å². The highest BCUT2D eigenvalue weighted by atomic mass is 32.2. The number of carbonyl (C=O) groups is 5. The minimum atomic E-state index is -4.17. The van der Waals surface area contributed by atoms with Crippen LogP contribution in [0.3, 0.4) is 0 Å². The van der Waals surface area contributed by atoms with Gasteiger partial charge in [-0.25, -0.2) is 14.3 Å². The summed E-state index contributed by atoms with van der Waals surface area (Å²) in [6.45, 7) is 0.707. The third kappa shape index (κ3) is 8.54. The fourth-order valence-corrected chi connectivity index (χ4v) is 8.27. The van der Waals surface area contributed by atoms with Crippen molar-refractivity contribution in [2.24, 2.45) is 5.92 Å². The highest BCUT2D eigenvalue weighted by molar-refractivity contribution is 7.87. The summed E-state index contributed by atoms with van der Waals surface area (Å²) >= 11 is 0. The minimum absolute atomic E-state index is 0.0544.